The van der Waals surface area contributed by atoms with Gasteiger partial charge >= 0.3 is 0 Å². The summed E-state index contributed by atoms with van der Waals surface area (Å²) in [6.07, 6.45) is 0. The number of nitrogens with zero attached hydrogens (tertiary/aromatic N) is 1. The monoisotopic (exact) mass is 1500 g/mol. The number of benzene rings is 18. The van der Waals surface area contributed by atoms with Gasteiger partial charge in [-0.1, -0.05) is 373 Å². The molecular weight excluding hydrogens is 1420 g/mol. The van der Waals surface area contributed by atoms with Crippen LogP contribution >= 0.6 is 0 Å². The van der Waals surface area contributed by atoms with Crippen LogP contribution in [0.15, 0.2) is 413 Å². The van der Waals surface area contributed by atoms with Gasteiger partial charge in [-0.15, -0.1) is 0 Å². The Morgan fingerprint density at radius 2 is 0.500 bits per heavy atom. The molecule has 24 rings (SSSR count). The minimum Gasteiger partial charge on any atom is -0.309 e. The van der Waals surface area contributed by atoms with Crippen molar-refractivity contribution in [2.24, 2.45) is 0 Å². The normalized spacial score (nSPS) is 15.3. The molecule has 5 aliphatic carbocycles. The summed E-state index contributed by atoms with van der Waals surface area (Å²) in [5.74, 6) is 0.506. The third-order valence-electron chi connectivity index (χ3n) is 26.9. The van der Waals surface area contributed by atoms with Gasteiger partial charge in [0, 0.05) is 45.0 Å². The second-order valence-electron chi connectivity index (χ2n) is 34.1. The van der Waals surface area contributed by atoms with Crippen LogP contribution in [0.4, 0.5) is 0 Å². The Kier molecular flexibility index (Phi) is 16.0. The van der Waals surface area contributed by atoms with Crippen LogP contribution in [0.5, 0.6) is 0 Å². The second kappa shape index (κ2) is 27.2. The molecule has 0 spiro atoms. The Balaban J connectivity index is 0.000000138. The van der Waals surface area contributed by atoms with Crippen LogP contribution in [0.25, 0.3) is 150 Å². The molecule has 1 nitrogen and oxygen atoms in total. The summed E-state index contributed by atoms with van der Waals surface area (Å²) in [5.41, 5.74) is 49.7. The lowest BCUT2D eigenvalue weighted by molar-refractivity contribution is 0.660. The predicted octanol–water partition coefficient (Wildman–Crippen LogP) is 30.6. The van der Waals surface area contributed by atoms with Gasteiger partial charge in [0.05, 0.1) is 11.0 Å². The molecule has 0 radical (unpaired) electrons. The van der Waals surface area contributed by atoms with Gasteiger partial charge in [-0.3, -0.25) is 0 Å². The van der Waals surface area contributed by atoms with Gasteiger partial charge < -0.3 is 4.57 Å². The van der Waals surface area contributed by atoms with Gasteiger partial charge in [-0.2, -0.15) is 0 Å². The molecule has 0 fully saturated rings. The van der Waals surface area contributed by atoms with Crippen molar-refractivity contribution in [1.29, 1.82) is 0 Å². The summed E-state index contributed by atoms with van der Waals surface area (Å²) >= 11 is 0. The Morgan fingerprint density at radius 3 is 0.966 bits per heavy atom. The summed E-state index contributed by atoms with van der Waals surface area (Å²) in [4.78, 5) is 0. The summed E-state index contributed by atoms with van der Waals surface area (Å²) in [6.45, 7) is 9.54. The molecule has 18 aromatic carbocycles. The van der Waals surface area contributed by atoms with Crippen LogP contribution in [0.3, 0.4) is 0 Å². The molecule has 0 saturated heterocycles. The van der Waals surface area contributed by atoms with Gasteiger partial charge in [-0.05, 0) is 261 Å². The van der Waals surface area contributed by atoms with E-state index < -0.39 is 0 Å². The van der Waals surface area contributed by atoms with Crippen LogP contribution in [0.1, 0.15) is 118 Å². The summed E-state index contributed by atoms with van der Waals surface area (Å²) in [6, 6.07) is 154. The topological polar surface area (TPSA) is 4.93 Å². The van der Waals surface area contributed by atoms with E-state index in [0.717, 1.165) is 0 Å². The van der Waals surface area contributed by atoms with Crippen molar-refractivity contribution in [2.45, 2.75) is 56.3 Å². The van der Waals surface area contributed by atoms with Gasteiger partial charge in [-0.25, -0.2) is 0 Å². The highest BCUT2D eigenvalue weighted by molar-refractivity contribution is 6.13. The SMILES string of the molecule is CC1(C)c2ccccc2-c2cc3c(cc21)-c1cc(-c2ccc4c(c2)-c2ccccc2C4c2cccc(-c4ccccc4)c2)ccc1C3c1cccc(-c2ccccc2)c1.CC1(C)c2ccccc2-c2cc3c4cc(-c5ccc6c(c5)-c5ccccc5C6c5cccc(-c6ccccc6)c5)ccc4n(-c4cccc(-c5ccccc5)c4)c3cc21. The summed E-state index contributed by atoms with van der Waals surface area (Å²) in [7, 11) is 0. The van der Waals surface area contributed by atoms with Crippen molar-refractivity contribution in [1.82, 2.24) is 4.57 Å². The molecule has 3 atom stereocenters. The highest BCUT2D eigenvalue weighted by atomic mass is 15.0. The van der Waals surface area contributed by atoms with Crippen molar-refractivity contribution in [3.05, 3.63) is 485 Å². The predicted molar refractivity (Wildman–Crippen MR) is 493 cm³/mol. The molecule has 0 N–H and O–H groups in total. The third kappa shape index (κ3) is 11.1. The van der Waals surface area contributed by atoms with Gasteiger partial charge in [0.25, 0.3) is 0 Å². The number of fused-ring (bicyclic) bond motifs is 18. The van der Waals surface area contributed by atoms with Crippen LogP contribution < -0.4 is 0 Å². The molecule has 1 aromatic heterocycles. The molecule has 19 aromatic rings. The average Bonchev–Trinajstić information content (AvgIpc) is 1.55. The fourth-order valence-electron chi connectivity index (χ4n) is 21.2. The Labute approximate surface area is 690 Å². The first-order chi connectivity index (χ1) is 58.0. The molecular formula is C117H83N. The van der Waals surface area contributed by atoms with E-state index in [4.69, 9.17) is 0 Å². The maximum atomic E-state index is 2.54. The van der Waals surface area contributed by atoms with Crippen molar-refractivity contribution >= 4 is 21.8 Å². The Hall–Kier alpha value is -14.2. The minimum atomic E-state index is -0.0973. The maximum absolute atomic E-state index is 2.54. The molecule has 0 saturated carbocycles. The van der Waals surface area contributed by atoms with E-state index in [1.54, 1.807) is 0 Å². The first-order valence-electron chi connectivity index (χ1n) is 41.8. The number of hydrogen-bond acceptors (Lipinski definition) is 0. The van der Waals surface area contributed by atoms with E-state index >= 15 is 0 Å². The number of rotatable bonds is 10. The van der Waals surface area contributed by atoms with E-state index in [1.807, 2.05) is 0 Å². The number of aromatic nitrogens is 1. The zero-order chi connectivity index (χ0) is 78.5. The van der Waals surface area contributed by atoms with Crippen molar-refractivity contribution in [2.75, 3.05) is 0 Å². The zero-order valence-electron chi connectivity index (χ0n) is 66.4. The molecule has 0 amide bonds. The average molecular weight is 1500 g/mol. The van der Waals surface area contributed by atoms with Crippen LogP contribution in [0.2, 0.25) is 0 Å². The van der Waals surface area contributed by atoms with E-state index in [2.05, 4.69) is 445 Å². The standard InChI is InChI=1S/C59H42.C58H41N/c1-59(2)55-26-12-11-24-46(55)53-35-54-52(36-56(53)59)51-34-42(28-30-49(51)58(54)44-22-14-20-40(32-44)38-17-7-4-8-18-38)41-27-29-48-50(33-41)45-23-9-10-25-47(45)57(48)43-21-13-19-39(31-43)37-15-5-3-6-16-37;1-58(2)53-26-12-11-24-46(53)50-35-52-51-34-42(28-30-55(51)59(56(52)36-54(50)58)44-22-14-20-40(32-44)38-17-7-4-8-18-38)41-27-29-48-49(33-41)45-23-9-10-25-47(45)57(48)43-21-13-19-39(31-43)37-15-5-3-6-16-37/h3-36,57-58H,1-2H3;3-36,57H,1-2H3. The molecule has 118 heavy (non-hydrogen) atoms. The Bertz CT molecular complexity index is 7290. The van der Waals surface area contributed by atoms with E-state index in [0.29, 0.717) is 0 Å². The van der Waals surface area contributed by atoms with E-state index in [9.17, 15) is 0 Å². The van der Waals surface area contributed by atoms with Gasteiger partial charge in [0.15, 0.2) is 0 Å². The van der Waals surface area contributed by atoms with Crippen molar-refractivity contribution < 1.29 is 0 Å². The first kappa shape index (κ1) is 69.3. The quantitative estimate of drug-likeness (QED) is 0.129. The molecule has 3 unspecified atom stereocenters. The van der Waals surface area contributed by atoms with Gasteiger partial charge in [0.2, 0.25) is 0 Å². The molecule has 1 heteroatoms. The maximum Gasteiger partial charge on any atom is 0.0544 e. The third-order valence-corrected chi connectivity index (χ3v) is 26.9. The second-order valence-corrected chi connectivity index (χ2v) is 34.1. The van der Waals surface area contributed by atoms with Crippen LogP contribution in [-0.2, 0) is 10.8 Å². The van der Waals surface area contributed by atoms with Crippen molar-refractivity contribution in [3.63, 3.8) is 0 Å². The fourth-order valence-corrected chi connectivity index (χ4v) is 21.2. The lowest BCUT2D eigenvalue weighted by Crippen LogP contribution is -2.15. The Morgan fingerprint density at radius 1 is 0.178 bits per heavy atom. The zero-order valence-corrected chi connectivity index (χ0v) is 66.4. The molecule has 1 heterocycles. The van der Waals surface area contributed by atoms with Gasteiger partial charge in [0.1, 0.15) is 0 Å². The van der Waals surface area contributed by atoms with Crippen LogP contribution in [-0.4, -0.2) is 4.57 Å². The fraction of sp³-hybridized carbons (Fsp3) is 0.0769. The van der Waals surface area contributed by atoms with Crippen LogP contribution in [0, 0.1) is 0 Å². The lowest BCUT2D eigenvalue weighted by atomic mass is 9.81. The highest BCUT2D eigenvalue weighted by Gasteiger charge is 2.41. The molecule has 556 valence electrons. The van der Waals surface area contributed by atoms with E-state index in [-0.39, 0.29) is 28.6 Å². The first-order valence-corrected chi connectivity index (χ1v) is 41.8. The summed E-state index contributed by atoms with van der Waals surface area (Å²) < 4.78 is 2.49. The molecule has 0 aliphatic heterocycles. The largest absolute Gasteiger partial charge is 0.309 e. The smallest absolute Gasteiger partial charge is 0.0544 e. The lowest BCUT2D eigenvalue weighted by Gasteiger charge is -2.22. The molecule has 5 aliphatic rings. The summed E-state index contributed by atoms with van der Waals surface area (Å²) in [5, 5.41) is 2.55. The minimum absolute atomic E-state index is 0.0748. The molecule has 0 bridgehead atoms. The highest BCUT2D eigenvalue weighted by Crippen LogP contribution is 2.59. The van der Waals surface area contributed by atoms with E-state index in [1.165, 1.54) is 222 Å². The number of hydrogen-bond donors (Lipinski definition) is 0. The van der Waals surface area contributed by atoms with Crippen molar-refractivity contribution in [3.8, 4) is 128 Å².